The Balaban J connectivity index is 1.26. The third kappa shape index (κ3) is 5.66. The minimum absolute atomic E-state index is 0.00636. The first-order valence-electron chi connectivity index (χ1n) is 11.3. The Labute approximate surface area is 199 Å². The fourth-order valence-electron chi connectivity index (χ4n) is 4.07. The van der Waals surface area contributed by atoms with Crippen LogP contribution < -0.4 is 19.5 Å². The third-order valence-corrected chi connectivity index (χ3v) is 6.03. The predicted octanol–water partition coefficient (Wildman–Crippen LogP) is 3.29. The molecule has 1 amide bonds. The highest BCUT2D eigenvalue weighted by Crippen LogP contribution is 2.31. The van der Waals surface area contributed by atoms with E-state index in [1.807, 2.05) is 42.5 Å². The lowest BCUT2D eigenvalue weighted by Crippen LogP contribution is -2.40. The molecule has 9 heteroatoms. The van der Waals surface area contributed by atoms with Crippen molar-refractivity contribution in [3.63, 3.8) is 0 Å². The monoisotopic (exact) mass is 466 g/mol. The Hall–Kier alpha value is -3.59. The summed E-state index contributed by atoms with van der Waals surface area (Å²) in [5, 5.41) is 7.16. The standard InChI is InChI=1S/C25H30N4O5/c1-31-20-6-4-5-17(13-20)15-26-25(30)18-9-11-29(12-10-18)16-23-27-24(28-34-23)19-7-8-21(32-2)22(14-19)33-3/h4-8,13-14,18H,9-12,15-16H2,1-3H3,(H,26,30). The first-order valence-corrected chi connectivity index (χ1v) is 11.3. The van der Waals surface area contributed by atoms with Gasteiger partial charge in [0.25, 0.3) is 0 Å². The van der Waals surface area contributed by atoms with Crippen molar-refractivity contribution in [1.29, 1.82) is 0 Å². The number of carbonyl (C=O) groups is 1. The number of nitrogens with one attached hydrogen (secondary N) is 1. The second kappa shape index (κ2) is 11.0. The number of benzene rings is 2. The highest BCUT2D eigenvalue weighted by Gasteiger charge is 2.26. The number of carbonyl (C=O) groups excluding carboxylic acids is 1. The number of ether oxygens (including phenoxy) is 3. The van der Waals surface area contributed by atoms with Gasteiger partial charge in [-0.1, -0.05) is 17.3 Å². The van der Waals surface area contributed by atoms with Crippen molar-refractivity contribution < 1.29 is 23.5 Å². The highest BCUT2D eigenvalue weighted by atomic mass is 16.5. The molecule has 1 saturated heterocycles. The van der Waals surface area contributed by atoms with Gasteiger partial charge in [-0.2, -0.15) is 4.98 Å². The molecule has 1 aliphatic heterocycles. The zero-order valence-electron chi connectivity index (χ0n) is 19.7. The fraction of sp³-hybridized carbons (Fsp3) is 0.400. The Bertz CT molecular complexity index is 1110. The number of rotatable bonds is 9. The number of hydrogen-bond donors (Lipinski definition) is 1. The summed E-state index contributed by atoms with van der Waals surface area (Å²) in [6, 6.07) is 13.2. The van der Waals surface area contributed by atoms with Gasteiger partial charge < -0.3 is 24.1 Å². The van der Waals surface area contributed by atoms with Crippen molar-refractivity contribution >= 4 is 5.91 Å². The molecule has 0 bridgehead atoms. The van der Waals surface area contributed by atoms with E-state index in [0.717, 1.165) is 42.8 Å². The minimum Gasteiger partial charge on any atom is -0.497 e. The van der Waals surface area contributed by atoms with Crippen LogP contribution in [0.3, 0.4) is 0 Å². The second-order valence-electron chi connectivity index (χ2n) is 8.20. The van der Waals surface area contributed by atoms with Crippen molar-refractivity contribution in [1.82, 2.24) is 20.4 Å². The van der Waals surface area contributed by atoms with E-state index in [1.165, 1.54) is 0 Å². The molecule has 180 valence electrons. The molecule has 2 heterocycles. The van der Waals surface area contributed by atoms with Gasteiger partial charge in [0.2, 0.25) is 17.6 Å². The summed E-state index contributed by atoms with van der Waals surface area (Å²) in [5.41, 5.74) is 1.81. The maximum atomic E-state index is 12.6. The van der Waals surface area contributed by atoms with E-state index in [2.05, 4.69) is 20.4 Å². The van der Waals surface area contributed by atoms with E-state index >= 15 is 0 Å². The van der Waals surface area contributed by atoms with Crippen LogP contribution in [0.25, 0.3) is 11.4 Å². The van der Waals surface area contributed by atoms with Crippen LogP contribution in [0, 0.1) is 5.92 Å². The number of likely N-dealkylation sites (tertiary alicyclic amines) is 1. The number of methoxy groups -OCH3 is 3. The van der Waals surface area contributed by atoms with Crippen LogP contribution in [0.4, 0.5) is 0 Å². The average Bonchev–Trinajstić information content (AvgIpc) is 3.35. The van der Waals surface area contributed by atoms with Crippen LogP contribution in [0.15, 0.2) is 47.0 Å². The van der Waals surface area contributed by atoms with Gasteiger partial charge in [0.05, 0.1) is 27.9 Å². The number of nitrogens with zero attached hydrogens (tertiary/aromatic N) is 3. The van der Waals surface area contributed by atoms with Crippen molar-refractivity contribution in [2.45, 2.75) is 25.9 Å². The second-order valence-corrected chi connectivity index (χ2v) is 8.20. The van der Waals surface area contributed by atoms with Crippen molar-refractivity contribution in [2.24, 2.45) is 5.92 Å². The SMILES string of the molecule is COc1cccc(CNC(=O)C2CCN(Cc3nc(-c4ccc(OC)c(OC)c4)no3)CC2)c1. The fourth-order valence-corrected chi connectivity index (χ4v) is 4.07. The molecule has 0 aliphatic carbocycles. The summed E-state index contributed by atoms with van der Waals surface area (Å²) in [6.07, 6.45) is 1.58. The maximum absolute atomic E-state index is 12.6. The number of amides is 1. The molecule has 1 N–H and O–H groups in total. The van der Waals surface area contributed by atoms with Crippen molar-refractivity contribution in [3.8, 4) is 28.6 Å². The van der Waals surface area contributed by atoms with Gasteiger partial charge in [0, 0.05) is 18.0 Å². The topological polar surface area (TPSA) is 99.0 Å². The molecule has 1 fully saturated rings. The summed E-state index contributed by atoms with van der Waals surface area (Å²) in [4.78, 5) is 19.4. The van der Waals surface area contributed by atoms with Crippen LogP contribution in [0.5, 0.6) is 17.2 Å². The Morgan fingerprint density at radius 1 is 1.06 bits per heavy atom. The van der Waals surface area contributed by atoms with Crippen LogP contribution in [0.2, 0.25) is 0 Å². The summed E-state index contributed by atoms with van der Waals surface area (Å²) in [7, 11) is 4.82. The third-order valence-electron chi connectivity index (χ3n) is 6.03. The minimum atomic E-state index is 0.00636. The first-order chi connectivity index (χ1) is 16.6. The van der Waals surface area contributed by atoms with Crippen molar-refractivity contribution in [3.05, 3.63) is 53.9 Å². The van der Waals surface area contributed by atoms with Gasteiger partial charge >= 0.3 is 0 Å². The molecular formula is C25H30N4O5. The molecule has 0 atom stereocenters. The molecule has 0 unspecified atom stereocenters. The van der Waals surface area contributed by atoms with E-state index in [4.69, 9.17) is 18.7 Å². The smallest absolute Gasteiger partial charge is 0.241 e. The molecule has 1 aromatic heterocycles. The normalized spacial score (nSPS) is 14.6. The van der Waals surface area contributed by atoms with Crippen LogP contribution in [-0.2, 0) is 17.9 Å². The Morgan fingerprint density at radius 3 is 2.59 bits per heavy atom. The molecule has 4 rings (SSSR count). The molecule has 0 radical (unpaired) electrons. The summed E-state index contributed by atoms with van der Waals surface area (Å²) in [5.74, 6) is 3.19. The molecule has 9 nitrogen and oxygen atoms in total. The van der Waals surface area contributed by atoms with Crippen LogP contribution in [-0.4, -0.2) is 55.4 Å². The highest BCUT2D eigenvalue weighted by molar-refractivity contribution is 5.78. The molecule has 2 aromatic carbocycles. The van der Waals surface area contributed by atoms with Gasteiger partial charge in [0.1, 0.15) is 5.75 Å². The summed E-state index contributed by atoms with van der Waals surface area (Å²) >= 11 is 0. The lowest BCUT2D eigenvalue weighted by atomic mass is 9.96. The van der Waals surface area contributed by atoms with Gasteiger partial charge in [0.15, 0.2) is 11.5 Å². The van der Waals surface area contributed by atoms with E-state index < -0.39 is 0 Å². The number of piperidine rings is 1. The molecule has 3 aromatic rings. The van der Waals surface area contributed by atoms with Crippen LogP contribution >= 0.6 is 0 Å². The predicted molar refractivity (Wildman–Crippen MR) is 126 cm³/mol. The van der Waals surface area contributed by atoms with Crippen LogP contribution in [0.1, 0.15) is 24.3 Å². The average molecular weight is 467 g/mol. The quantitative estimate of drug-likeness (QED) is 0.513. The lowest BCUT2D eigenvalue weighted by Gasteiger charge is -2.30. The van der Waals surface area contributed by atoms with Gasteiger partial charge in [-0.25, -0.2) is 0 Å². The molecule has 0 saturated carbocycles. The summed E-state index contributed by atoms with van der Waals surface area (Å²) < 4.78 is 21.3. The molecule has 34 heavy (non-hydrogen) atoms. The van der Waals surface area contributed by atoms with Gasteiger partial charge in [-0.15, -0.1) is 0 Å². The van der Waals surface area contributed by atoms with E-state index in [9.17, 15) is 4.79 Å². The maximum Gasteiger partial charge on any atom is 0.241 e. The van der Waals surface area contributed by atoms with E-state index in [0.29, 0.717) is 36.3 Å². The van der Waals surface area contributed by atoms with Crippen molar-refractivity contribution in [2.75, 3.05) is 34.4 Å². The number of aromatic nitrogens is 2. The molecular weight excluding hydrogens is 436 g/mol. The zero-order valence-corrected chi connectivity index (χ0v) is 19.7. The molecule has 0 spiro atoms. The van der Waals surface area contributed by atoms with Gasteiger partial charge in [-0.3, -0.25) is 9.69 Å². The number of hydrogen-bond acceptors (Lipinski definition) is 8. The zero-order chi connectivity index (χ0) is 23.9. The Kier molecular flexibility index (Phi) is 7.64. The largest absolute Gasteiger partial charge is 0.497 e. The molecule has 1 aliphatic rings. The van der Waals surface area contributed by atoms with E-state index in [1.54, 1.807) is 21.3 Å². The lowest BCUT2D eigenvalue weighted by molar-refractivity contribution is -0.126. The van der Waals surface area contributed by atoms with Gasteiger partial charge in [-0.05, 0) is 61.8 Å². The Morgan fingerprint density at radius 2 is 1.85 bits per heavy atom. The first kappa shape index (κ1) is 23.6. The van der Waals surface area contributed by atoms with E-state index in [-0.39, 0.29) is 11.8 Å². The summed E-state index contributed by atoms with van der Waals surface area (Å²) in [6.45, 7) is 2.65.